The van der Waals surface area contributed by atoms with E-state index in [-0.39, 0.29) is 18.8 Å². The molecule has 1 fully saturated rings. The highest BCUT2D eigenvalue weighted by Gasteiger charge is 2.38. The quantitative estimate of drug-likeness (QED) is 0.430. The van der Waals surface area contributed by atoms with E-state index in [1.165, 1.54) is 4.90 Å². The molecule has 7 heteroatoms. The average molecular weight is 447 g/mol. The number of esters is 1. The van der Waals surface area contributed by atoms with Crippen molar-refractivity contribution < 1.29 is 23.9 Å². The summed E-state index contributed by atoms with van der Waals surface area (Å²) in [4.78, 5) is 40.3. The van der Waals surface area contributed by atoms with Gasteiger partial charge >= 0.3 is 12.1 Å². The summed E-state index contributed by atoms with van der Waals surface area (Å²) < 4.78 is 11.0. The SMILES string of the molecule is CCCCC[C@@H](CC(=O)OCc1ccccc1)C(=O)[C@@H]1CNCCN1C(=O)OC(C)(C)C. The normalized spacial score (nSPS) is 17.5. The smallest absolute Gasteiger partial charge is 0.410 e. The lowest BCUT2D eigenvalue weighted by atomic mass is 9.88. The van der Waals surface area contributed by atoms with Crippen molar-refractivity contribution >= 4 is 17.8 Å². The van der Waals surface area contributed by atoms with E-state index in [0.717, 1.165) is 24.8 Å². The van der Waals surface area contributed by atoms with Crippen LogP contribution in [0.3, 0.4) is 0 Å². The molecule has 0 bridgehead atoms. The third-order valence-corrected chi connectivity index (χ3v) is 5.41. The van der Waals surface area contributed by atoms with E-state index in [4.69, 9.17) is 9.47 Å². The Bertz CT molecular complexity index is 744. The van der Waals surface area contributed by atoms with Crippen molar-refractivity contribution in [1.82, 2.24) is 10.2 Å². The van der Waals surface area contributed by atoms with Crippen LogP contribution < -0.4 is 5.32 Å². The summed E-state index contributed by atoms with van der Waals surface area (Å²) in [5.74, 6) is -0.980. The van der Waals surface area contributed by atoms with Gasteiger partial charge in [-0.2, -0.15) is 0 Å². The second kappa shape index (κ2) is 12.6. The summed E-state index contributed by atoms with van der Waals surface area (Å²) in [6, 6.07) is 8.82. The molecule has 1 aromatic rings. The molecule has 0 aliphatic carbocycles. The maximum atomic E-state index is 13.5. The molecule has 0 unspecified atom stereocenters. The van der Waals surface area contributed by atoms with Crippen molar-refractivity contribution in [1.29, 1.82) is 0 Å². The Morgan fingerprint density at radius 3 is 2.53 bits per heavy atom. The highest BCUT2D eigenvalue weighted by atomic mass is 16.6. The third-order valence-electron chi connectivity index (χ3n) is 5.41. The molecule has 1 aliphatic heterocycles. The van der Waals surface area contributed by atoms with Crippen LogP contribution in [0, 0.1) is 5.92 Å². The molecule has 1 aliphatic rings. The Kier molecular flexibility index (Phi) is 10.2. The number of benzene rings is 1. The predicted octanol–water partition coefficient (Wildman–Crippen LogP) is 4.09. The summed E-state index contributed by atoms with van der Waals surface area (Å²) in [7, 11) is 0. The fourth-order valence-electron chi connectivity index (χ4n) is 3.75. The summed E-state index contributed by atoms with van der Waals surface area (Å²) in [5, 5.41) is 3.20. The average Bonchev–Trinajstić information content (AvgIpc) is 2.76. The Morgan fingerprint density at radius 2 is 1.88 bits per heavy atom. The second-order valence-electron chi connectivity index (χ2n) is 9.34. The molecule has 1 saturated heterocycles. The van der Waals surface area contributed by atoms with Gasteiger partial charge in [0.25, 0.3) is 0 Å². The van der Waals surface area contributed by atoms with Crippen LogP contribution in [0.5, 0.6) is 0 Å². The Labute approximate surface area is 191 Å². The predicted molar refractivity (Wildman–Crippen MR) is 123 cm³/mol. The molecular formula is C25H38N2O5. The van der Waals surface area contributed by atoms with Crippen molar-refractivity contribution in [2.45, 2.75) is 78.0 Å². The van der Waals surface area contributed by atoms with Crippen LogP contribution in [0.4, 0.5) is 4.79 Å². The molecule has 2 rings (SSSR count). The lowest BCUT2D eigenvalue weighted by molar-refractivity contribution is -0.148. The number of ketones is 1. The molecule has 7 nitrogen and oxygen atoms in total. The van der Waals surface area contributed by atoms with Crippen molar-refractivity contribution in [2.24, 2.45) is 5.92 Å². The summed E-state index contributed by atoms with van der Waals surface area (Å²) in [6.07, 6.45) is 3.00. The summed E-state index contributed by atoms with van der Waals surface area (Å²) >= 11 is 0. The van der Waals surface area contributed by atoms with Gasteiger partial charge in [0.1, 0.15) is 18.2 Å². The van der Waals surface area contributed by atoms with Crippen molar-refractivity contribution in [3.63, 3.8) is 0 Å². The number of hydrogen-bond donors (Lipinski definition) is 1. The molecule has 178 valence electrons. The zero-order chi connectivity index (χ0) is 23.6. The van der Waals surface area contributed by atoms with E-state index >= 15 is 0 Å². The molecule has 0 spiro atoms. The molecular weight excluding hydrogens is 408 g/mol. The zero-order valence-electron chi connectivity index (χ0n) is 19.9. The summed E-state index contributed by atoms with van der Waals surface area (Å²) in [5.41, 5.74) is 0.263. The van der Waals surface area contributed by atoms with Gasteiger partial charge in [0, 0.05) is 25.6 Å². The number of ether oxygens (including phenoxy) is 2. The van der Waals surface area contributed by atoms with E-state index in [2.05, 4.69) is 12.2 Å². The van der Waals surface area contributed by atoms with Crippen LogP contribution in [-0.4, -0.2) is 54.0 Å². The maximum Gasteiger partial charge on any atom is 0.410 e. The van der Waals surface area contributed by atoms with Crippen LogP contribution in [0.25, 0.3) is 0 Å². The number of unbranched alkanes of at least 4 members (excludes halogenated alkanes) is 2. The van der Waals surface area contributed by atoms with Crippen molar-refractivity contribution in [2.75, 3.05) is 19.6 Å². The van der Waals surface area contributed by atoms with Gasteiger partial charge < -0.3 is 14.8 Å². The molecule has 1 N–H and O–H groups in total. The van der Waals surface area contributed by atoms with Crippen LogP contribution in [0.1, 0.15) is 65.4 Å². The summed E-state index contributed by atoms with van der Waals surface area (Å²) in [6.45, 7) is 9.06. The first kappa shape index (κ1) is 25.8. The van der Waals surface area contributed by atoms with Crippen LogP contribution >= 0.6 is 0 Å². The number of Topliss-reactive ketones (excluding diaryl/α,β-unsaturated/α-hetero) is 1. The molecule has 32 heavy (non-hydrogen) atoms. The van der Waals surface area contributed by atoms with Gasteiger partial charge in [-0.05, 0) is 32.8 Å². The molecule has 1 aromatic carbocycles. The van der Waals surface area contributed by atoms with Crippen LogP contribution in [-0.2, 0) is 25.7 Å². The van der Waals surface area contributed by atoms with Gasteiger partial charge in [0.2, 0.25) is 0 Å². The van der Waals surface area contributed by atoms with Gasteiger partial charge in [-0.25, -0.2) is 4.79 Å². The standard InChI is InChI=1S/C25H38N2O5/c1-5-6-8-13-20(16-22(28)31-18-19-11-9-7-10-12-19)23(29)21-17-26-14-15-27(21)24(30)32-25(2,3)4/h7,9-12,20-21,26H,5-6,8,13-18H2,1-4H3/t20-,21-/m0/s1. The van der Waals surface area contributed by atoms with Gasteiger partial charge in [-0.15, -0.1) is 0 Å². The van der Waals surface area contributed by atoms with Crippen molar-refractivity contribution in [3.05, 3.63) is 35.9 Å². The number of hydrogen-bond acceptors (Lipinski definition) is 6. The Hall–Kier alpha value is -2.41. The second-order valence-corrected chi connectivity index (χ2v) is 9.34. The van der Waals surface area contributed by atoms with E-state index in [9.17, 15) is 14.4 Å². The zero-order valence-corrected chi connectivity index (χ0v) is 19.9. The topological polar surface area (TPSA) is 84.9 Å². The van der Waals surface area contributed by atoms with Crippen LogP contribution in [0.15, 0.2) is 30.3 Å². The maximum absolute atomic E-state index is 13.5. The van der Waals surface area contributed by atoms with E-state index < -0.39 is 29.6 Å². The number of amides is 1. The highest BCUT2D eigenvalue weighted by Crippen LogP contribution is 2.22. The number of carbonyl (C=O) groups is 3. The first-order valence-corrected chi connectivity index (χ1v) is 11.6. The molecule has 1 heterocycles. The van der Waals surface area contributed by atoms with Gasteiger partial charge in [-0.1, -0.05) is 56.5 Å². The molecule has 0 aromatic heterocycles. The number of nitrogens with one attached hydrogen (secondary N) is 1. The lowest BCUT2D eigenvalue weighted by Crippen LogP contribution is -2.59. The van der Waals surface area contributed by atoms with Gasteiger partial charge in [0.15, 0.2) is 5.78 Å². The number of nitrogens with zero attached hydrogens (tertiary/aromatic N) is 1. The van der Waals surface area contributed by atoms with E-state index in [1.54, 1.807) is 20.8 Å². The molecule has 0 saturated carbocycles. The van der Waals surface area contributed by atoms with E-state index in [0.29, 0.717) is 26.1 Å². The van der Waals surface area contributed by atoms with Crippen LogP contribution in [0.2, 0.25) is 0 Å². The van der Waals surface area contributed by atoms with E-state index in [1.807, 2.05) is 30.3 Å². The fraction of sp³-hybridized carbons (Fsp3) is 0.640. The molecule has 0 radical (unpaired) electrons. The highest BCUT2D eigenvalue weighted by molar-refractivity contribution is 5.92. The lowest BCUT2D eigenvalue weighted by Gasteiger charge is -2.37. The Morgan fingerprint density at radius 1 is 1.16 bits per heavy atom. The van der Waals surface area contributed by atoms with Crippen molar-refractivity contribution in [3.8, 4) is 0 Å². The number of carbonyl (C=O) groups excluding carboxylic acids is 3. The fourth-order valence-corrected chi connectivity index (χ4v) is 3.75. The molecule has 1 amide bonds. The minimum absolute atomic E-state index is 0.0219. The third kappa shape index (κ3) is 8.61. The Balaban J connectivity index is 2.06. The minimum Gasteiger partial charge on any atom is -0.461 e. The molecule has 2 atom stereocenters. The van der Waals surface area contributed by atoms with Gasteiger partial charge in [0.05, 0.1) is 6.42 Å². The largest absolute Gasteiger partial charge is 0.461 e. The minimum atomic E-state index is -0.646. The van der Waals surface area contributed by atoms with Gasteiger partial charge in [-0.3, -0.25) is 14.5 Å². The first-order valence-electron chi connectivity index (χ1n) is 11.6. The first-order chi connectivity index (χ1) is 15.2. The number of piperazine rings is 1. The number of rotatable bonds is 10. The monoisotopic (exact) mass is 446 g/mol.